The fraction of sp³-hybridized carbons (Fsp3) is 0.217. The van der Waals surface area contributed by atoms with Crippen LogP contribution in [0.5, 0.6) is 0 Å². The van der Waals surface area contributed by atoms with Gasteiger partial charge in [-0.15, -0.1) is 0 Å². The van der Waals surface area contributed by atoms with Crippen LogP contribution >= 0.6 is 0 Å². The Labute approximate surface area is 159 Å². The molecule has 0 radical (unpaired) electrons. The van der Waals surface area contributed by atoms with Crippen LogP contribution in [0.4, 0.5) is 0 Å². The minimum atomic E-state index is -0.00115. The number of aliphatic hydroxyl groups excluding tert-OH is 1. The minimum absolute atomic E-state index is 0.00115. The van der Waals surface area contributed by atoms with Gasteiger partial charge in [0.05, 0.1) is 24.2 Å². The summed E-state index contributed by atoms with van der Waals surface area (Å²) in [6.07, 6.45) is 0.849. The molecule has 0 fully saturated rings. The summed E-state index contributed by atoms with van der Waals surface area (Å²) in [4.78, 5) is 16.4. The number of hydrogen-bond donors (Lipinski definition) is 2. The fourth-order valence-corrected chi connectivity index (χ4v) is 2.92. The van der Waals surface area contributed by atoms with Gasteiger partial charge in [-0.05, 0) is 48.4 Å². The van der Waals surface area contributed by atoms with Gasteiger partial charge in [0, 0.05) is 30.0 Å². The van der Waals surface area contributed by atoms with Crippen molar-refractivity contribution in [1.82, 2.24) is 10.3 Å². The number of carbonyl (C=O) groups is 1. The van der Waals surface area contributed by atoms with E-state index in [1.807, 2.05) is 42.5 Å². The number of amides is 1. The maximum absolute atomic E-state index is 11.6. The van der Waals surface area contributed by atoms with E-state index in [1.165, 1.54) is 0 Å². The average Bonchev–Trinajstić information content (AvgIpc) is 2.69. The van der Waals surface area contributed by atoms with Crippen LogP contribution in [0.3, 0.4) is 0 Å². The predicted molar refractivity (Wildman–Crippen MR) is 108 cm³/mol. The average molecular weight is 358 g/mol. The highest BCUT2D eigenvalue weighted by Gasteiger charge is 2.08. The summed E-state index contributed by atoms with van der Waals surface area (Å²) >= 11 is 0. The van der Waals surface area contributed by atoms with Gasteiger partial charge < -0.3 is 10.4 Å². The number of aromatic nitrogens is 1. The summed E-state index contributed by atoms with van der Waals surface area (Å²) in [5.41, 5.74) is 5.88. The second-order valence-electron chi connectivity index (χ2n) is 6.38. The van der Waals surface area contributed by atoms with E-state index in [-0.39, 0.29) is 12.5 Å². The Hall–Kier alpha value is -3.16. The quantitative estimate of drug-likeness (QED) is 0.704. The number of hydrogen-bond acceptors (Lipinski definition) is 3. The van der Waals surface area contributed by atoms with Crippen molar-refractivity contribution in [3.05, 3.63) is 65.2 Å². The lowest BCUT2D eigenvalue weighted by Gasteiger charge is -2.09. The lowest BCUT2D eigenvalue weighted by molar-refractivity contribution is -0.119. The Morgan fingerprint density at radius 2 is 1.93 bits per heavy atom. The second-order valence-corrected chi connectivity index (χ2v) is 6.38. The van der Waals surface area contributed by atoms with E-state index in [0.29, 0.717) is 12.8 Å². The van der Waals surface area contributed by atoms with Gasteiger partial charge in [0.15, 0.2) is 0 Å². The number of rotatable bonds is 4. The van der Waals surface area contributed by atoms with Crippen molar-refractivity contribution in [3.63, 3.8) is 0 Å². The first kappa shape index (κ1) is 18.6. The summed E-state index contributed by atoms with van der Waals surface area (Å²) in [7, 11) is 1.64. The molecule has 0 aliphatic rings. The maximum Gasteiger partial charge on any atom is 0.224 e. The molecule has 4 nitrogen and oxygen atoms in total. The van der Waals surface area contributed by atoms with E-state index in [9.17, 15) is 4.79 Å². The van der Waals surface area contributed by atoms with E-state index < -0.39 is 0 Å². The molecule has 0 saturated carbocycles. The van der Waals surface area contributed by atoms with Gasteiger partial charge in [0.1, 0.15) is 0 Å². The summed E-state index contributed by atoms with van der Waals surface area (Å²) in [6.45, 7) is 2.14. The highest BCUT2D eigenvalue weighted by atomic mass is 16.2. The van der Waals surface area contributed by atoms with Crippen LogP contribution in [0.25, 0.3) is 22.2 Å². The Kier molecular flexibility index (Phi) is 5.85. The van der Waals surface area contributed by atoms with Crippen LogP contribution in [-0.2, 0) is 11.2 Å². The summed E-state index contributed by atoms with van der Waals surface area (Å²) < 4.78 is 0. The van der Waals surface area contributed by atoms with Crippen molar-refractivity contribution >= 4 is 16.8 Å². The first-order chi connectivity index (χ1) is 13.1. The molecular formula is C23H22N2O2. The summed E-state index contributed by atoms with van der Waals surface area (Å²) in [5.74, 6) is 5.95. The number of nitrogens with one attached hydrogen (secondary N) is 1. The second kappa shape index (κ2) is 8.48. The third-order valence-electron chi connectivity index (χ3n) is 4.37. The standard InChI is InChI=1S/C23H22N2O2/c1-16-13-22(19-9-6-17(7-10-19)5-3-4-12-26)25-21-11-8-18(14-20(16)21)15-23(27)24-2/h6-11,13-14,26H,4,12,15H2,1-2H3,(H,24,27). The Balaban J connectivity index is 1.91. The van der Waals surface area contributed by atoms with Gasteiger partial charge in [-0.3, -0.25) is 4.79 Å². The zero-order valence-corrected chi connectivity index (χ0v) is 15.5. The number of fused-ring (bicyclic) bond motifs is 1. The van der Waals surface area contributed by atoms with Gasteiger partial charge >= 0.3 is 0 Å². The molecule has 1 aromatic heterocycles. The van der Waals surface area contributed by atoms with Gasteiger partial charge in [-0.1, -0.05) is 30.0 Å². The molecule has 0 saturated heterocycles. The maximum atomic E-state index is 11.6. The van der Waals surface area contributed by atoms with Crippen LogP contribution in [0.2, 0.25) is 0 Å². The van der Waals surface area contributed by atoms with Crippen LogP contribution in [0, 0.1) is 18.8 Å². The first-order valence-corrected chi connectivity index (χ1v) is 8.91. The van der Waals surface area contributed by atoms with Crippen molar-refractivity contribution in [2.45, 2.75) is 19.8 Å². The molecule has 3 rings (SSSR count). The highest BCUT2D eigenvalue weighted by molar-refractivity contribution is 5.87. The van der Waals surface area contributed by atoms with Crippen molar-refractivity contribution in [2.24, 2.45) is 0 Å². The van der Waals surface area contributed by atoms with E-state index in [2.05, 4.69) is 30.1 Å². The molecule has 1 amide bonds. The summed E-state index contributed by atoms with van der Waals surface area (Å²) in [6, 6.07) is 16.0. The van der Waals surface area contributed by atoms with Gasteiger partial charge in [-0.25, -0.2) is 4.98 Å². The molecule has 0 aliphatic heterocycles. The molecule has 136 valence electrons. The largest absolute Gasteiger partial charge is 0.395 e. The molecular weight excluding hydrogens is 336 g/mol. The molecule has 27 heavy (non-hydrogen) atoms. The first-order valence-electron chi connectivity index (χ1n) is 8.91. The Bertz CT molecular complexity index is 1030. The Morgan fingerprint density at radius 1 is 1.15 bits per heavy atom. The smallest absolute Gasteiger partial charge is 0.224 e. The normalized spacial score (nSPS) is 10.3. The van der Waals surface area contributed by atoms with Gasteiger partial charge in [0.25, 0.3) is 0 Å². The number of benzene rings is 2. The topological polar surface area (TPSA) is 62.2 Å². The lowest BCUT2D eigenvalue weighted by Crippen LogP contribution is -2.19. The molecule has 0 aliphatic carbocycles. The number of carbonyl (C=O) groups excluding carboxylic acids is 1. The Morgan fingerprint density at radius 3 is 2.63 bits per heavy atom. The summed E-state index contributed by atoms with van der Waals surface area (Å²) in [5, 5.41) is 12.5. The third-order valence-corrected chi connectivity index (χ3v) is 4.37. The van der Waals surface area contributed by atoms with Crippen LogP contribution in [0.15, 0.2) is 48.5 Å². The molecule has 2 N–H and O–H groups in total. The molecule has 3 aromatic rings. The molecule has 4 heteroatoms. The number of nitrogens with zero attached hydrogens (tertiary/aromatic N) is 1. The zero-order chi connectivity index (χ0) is 19.2. The van der Waals surface area contributed by atoms with Crippen LogP contribution in [-0.4, -0.2) is 29.7 Å². The number of pyridine rings is 1. The van der Waals surface area contributed by atoms with Crippen molar-refractivity contribution in [1.29, 1.82) is 0 Å². The van der Waals surface area contributed by atoms with Crippen LogP contribution in [0.1, 0.15) is 23.1 Å². The van der Waals surface area contributed by atoms with Crippen molar-refractivity contribution < 1.29 is 9.90 Å². The molecule has 0 spiro atoms. The predicted octanol–water partition coefficient (Wildman–Crippen LogP) is 3.23. The van der Waals surface area contributed by atoms with E-state index in [1.54, 1.807) is 7.05 Å². The van der Waals surface area contributed by atoms with E-state index in [4.69, 9.17) is 10.1 Å². The zero-order valence-electron chi connectivity index (χ0n) is 15.5. The van der Waals surface area contributed by atoms with Crippen LogP contribution < -0.4 is 5.32 Å². The van der Waals surface area contributed by atoms with Gasteiger partial charge in [0.2, 0.25) is 5.91 Å². The SMILES string of the molecule is CNC(=O)Cc1ccc2nc(-c3ccc(C#CCCO)cc3)cc(C)c2c1. The van der Waals surface area contributed by atoms with E-state index >= 15 is 0 Å². The fourth-order valence-electron chi connectivity index (χ4n) is 2.92. The third kappa shape index (κ3) is 4.52. The molecule has 0 atom stereocenters. The van der Waals surface area contributed by atoms with Crippen molar-refractivity contribution in [2.75, 3.05) is 13.7 Å². The molecule has 0 unspecified atom stereocenters. The van der Waals surface area contributed by atoms with E-state index in [0.717, 1.165) is 38.9 Å². The number of aryl methyl sites for hydroxylation is 1. The minimum Gasteiger partial charge on any atom is -0.395 e. The monoisotopic (exact) mass is 358 g/mol. The van der Waals surface area contributed by atoms with Gasteiger partial charge in [-0.2, -0.15) is 0 Å². The highest BCUT2D eigenvalue weighted by Crippen LogP contribution is 2.25. The lowest BCUT2D eigenvalue weighted by atomic mass is 10.0. The molecule has 0 bridgehead atoms. The molecule has 1 heterocycles. The molecule has 2 aromatic carbocycles. The number of aliphatic hydroxyl groups is 1. The van der Waals surface area contributed by atoms with Crippen molar-refractivity contribution in [3.8, 4) is 23.1 Å². The number of likely N-dealkylation sites (N-methyl/N-ethyl adjacent to an activating group) is 1.